The van der Waals surface area contributed by atoms with Crippen molar-refractivity contribution in [1.29, 1.82) is 0 Å². The third-order valence-electron chi connectivity index (χ3n) is 11.7. The maximum atomic E-state index is 5.24. The van der Waals surface area contributed by atoms with Gasteiger partial charge in [0.15, 0.2) is 34.9 Å². The highest BCUT2D eigenvalue weighted by atomic mass is 15.1. The Kier molecular flexibility index (Phi) is 8.97. The van der Waals surface area contributed by atoms with Crippen molar-refractivity contribution in [3.63, 3.8) is 0 Å². The fraction of sp³-hybridized carbons (Fsp3) is 0. The zero-order chi connectivity index (χ0) is 42.4. The molecular weight excluding hydrogens is 785 g/mol. The Hall–Kier alpha value is -8.88. The van der Waals surface area contributed by atoms with Gasteiger partial charge < -0.3 is 0 Å². The van der Waals surface area contributed by atoms with E-state index in [1.54, 1.807) is 12.4 Å². The fourth-order valence-corrected chi connectivity index (χ4v) is 8.72. The van der Waals surface area contributed by atoms with E-state index in [1.807, 2.05) is 109 Å². The Morgan fingerprint density at radius 1 is 0.234 bits per heavy atom. The van der Waals surface area contributed by atoms with Crippen LogP contribution in [0.4, 0.5) is 0 Å². The van der Waals surface area contributed by atoms with Gasteiger partial charge in [0, 0.05) is 34.6 Å². The Morgan fingerprint density at radius 3 is 0.906 bits per heavy atom. The van der Waals surface area contributed by atoms with Crippen molar-refractivity contribution in [3.8, 4) is 90.8 Å². The molecule has 4 heterocycles. The first-order valence-corrected chi connectivity index (χ1v) is 21.1. The summed E-state index contributed by atoms with van der Waals surface area (Å²) in [5.74, 6) is 3.24. The topological polar surface area (TPSA) is 103 Å². The first kappa shape index (κ1) is 36.9. The maximum absolute atomic E-state index is 5.24. The molecule has 4 aromatic heterocycles. The second kappa shape index (κ2) is 15.5. The molecule has 64 heavy (non-hydrogen) atoms. The van der Waals surface area contributed by atoms with Crippen LogP contribution in [0.2, 0.25) is 0 Å². The summed E-state index contributed by atoms with van der Waals surface area (Å²) < 4.78 is 0. The molecular formula is C56H34N8. The molecule has 0 radical (unpaired) electrons. The molecule has 0 atom stereocenters. The molecule has 0 amide bonds. The summed E-state index contributed by atoms with van der Waals surface area (Å²) >= 11 is 0. The molecule has 12 rings (SSSR count). The van der Waals surface area contributed by atoms with Crippen molar-refractivity contribution >= 4 is 32.3 Å². The average Bonchev–Trinajstić information content (AvgIpc) is 3.39. The van der Waals surface area contributed by atoms with Crippen LogP contribution in [-0.2, 0) is 0 Å². The quantitative estimate of drug-likeness (QED) is 0.140. The van der Waals surface area contributed by atoms with Gasteiger partial charge in [-0.3, -0.25) is 9.97 Å². The third kappa shape index (κ3) is 6.49. The van der Waals surface area contributed by atoms with Crippen LogP contribution in [0.5, 0.6) is 0 Å². The van der Waals surface area contributed by atoms with Gasteiger partial charge in [0.05, 0.1) is 0 Å². The smallest absolute Gasteiger partial charge is 0.182 e. The Morgan fingerprint density at radius 2 is 0.547 bits per heavy atom. The minimum atomic E-state index is 0.498. The molecule has 0 aliphatic carbocycles. The summed E-state index contributed by atoms with van der Waals surface area (Å²) in [6, 6.07) is 66.1. The van der Waals surface area contributed by atoms with Gasteiger partial charge in [-0.2, -0.15) is 0 Å². The van der Waals surface area contributed by atoms with Gasteiger partial charge >= 0.3 is 0 Å². The number of aromatic nitrogens is 8. The van der Waals surface area contributed by atoms with Crippen molar-refractivity contribution < 1.29 is 0 Å². The van der Waals surface area contributed by atoms with Crippen molar-refractivity contribution in [1.82, 2.24) is 39.9 Å². The van der Waals surface area contributed by atoms with E-state index in [9.17, 15) is 0 Å². The summed E-state index contributed by atoms with van der Waals surface area (Å²) in [5.41, 5.74) is 9.16. The van der Waals surface area contributed by atoms with Gasteiger partial charge in [0.2, 0.25) is 0 Å². The molecule has 0 unspecified atom stereocenters. The zero-order valence-corrected chi connectivity index (χ0v) is 34.2. The Balaban J connectivity index is 1.21. The largest absolute Gasteiger partial charge is 0.253 e. The number of benzene rings is 8. The number of hydrogen-bond acceptors (Lipinski definition) is 8. The summed E-state index contributed by atoms with van der Waals surface area (Å²) in [7, 11) is 0. The molecule has 8 nitrogen and oxygen atoms in total. The molecule has 0 spiro atoms. The lowest BCUT2D eigenvalue weighted by molar-refractivity contribution is 1.06. The van der Waals surface area contributed by atoms with Gasteiger partial charge in [-0.05, 0) is 91.0 Å². The van der Waals surface area contributed by atoms with E-state index in [0.29, 0.717) is 46.3 Å². The highest BCUT2D eigenvalue weighted by Crippen LogP contribution is 2.48. The van der Waals surface area contributed by atoms with Gasteiger partial charge in [-0.15, -0.1) is 0 Å². The van der Waals surface area contributed by atoms with Gasteiger partial charge in [-0.1, -0.05) is 158 Å². The number of pyridine rings is 2. The Labute approximate surface area is 368 Å². The average molecular weight is 819 g/mol. The predicted molar refractivity (Wildman–Crippen MR) is 256 cm³/mol. The van der Waals surface area contributed by atoms with Gasteiger partial charge in [0.25, 0.3) is 0 Å². The van der Waals surface area contributed by atoms with Crippen LogP contribution in [-0.4, -0.2) is 39.9 Å². The molecule has 0 aliphatic rings. The highest BCUT2D eigenvalue weighted by Gasteiger charge is 2.24. The van der Waals surface area contributed by atoms with Crippen molar-refractivity contribution in [2.45, 2.75) is 0 Å². The van der Waals surface area contributed by atoms with Gasteiger partial charge in [0.1, 0.15) is 11.4 Å². The normalized spacial score (nSPS) is 11.4. The standard InChI is InChI=1S/C56H34N8/c1-5-17-35(18-6-1)43-33-45(53-59-51(37-21-9-3-10-22-37)61-55(63-53)47-25-13-15-31-57-47)41-30-28-40-44(36-19-7-2-8-20-36)34-46(42-29-27-39(43)49(41)50(40)42)54-60-52(38-23-11-4-12-24-38)62-56(64-54)48-26-14-16-32-58-48/h1-34H. The molecule has 0 saturated heterocycles. The minimum Gasteiger partial charge on any atom is -0.253 e. The SMILES string of the molecule is c1ccc(-c2nc(-c3ccccn3)nc(-c3cc(-c4ccccc4)c4ccc5c(-c6nc(-c7ccccc7)nc(-c7ccccn7)n6)cc(-c6ccccc6)c6ccc3c4c65)n2)cc1. The minimum absolute atomic E-state index is 0.498. The summed E-state index contributed by atoms with van der Waals surface area (Å²) in [6.45, 7) is 0. The molecule has 0 fully saturated rings. The number of hydrogen-bond donors (Lipinski definition) is 0. The third-order valence-corrected chi connectivity index (χ3v) is 11.7. The molecule has 0 N–H and O–H groups in total. The lowest BCUT2D eigenvalue weighted by Gasteiger charge is -2.21. The molecule has 0 aliphatic heterocycles. The van der Waals surface area contributed by atoms with E-state index in [-0.39, 0.29) is 0 Å². The fourth-order valence-electron chi connectivity index (χ4n) is 8.72. The zero-order valence-electron chi connectivity index (χ0n) is 34.2. The molecule has 8 heteroatoms. The molecule has 8 aromatic carbocycles. The van der Waals surface area contributed by atoms with Crippen LogP contribution in [0.1, 0.15) is 0 Å². The van der Waals surface area contributed by atoms with E-state index >= 15 is 0 Å². The van der Waals surface area contributed by atoms with E-state index < -0.39 is 0 Å². The van der Waals surface area contributed by atoms with E-state index in [1.165, 1.54) is 0 Å². The van der Waals surface area contributed by atoms with Crippen LogP contribution in [0, 0.1) is 0 Å². The van der Waals surface area contributed by atoms with Crippen molar-refractivity contribution in [2.24, 2.45) is 0 Å². The van der Waals surface area contributed by atoms with E-state index in [0.717, 1.165) is 76.8 Å². The highest BCUT2D eigenvalue weighted by molar-refractivity contribution is 6.31. The molecule has 0 bridgehead atoms. The summed E-state index contributed by atoms with van der Waals surface area (Å²) in [6.07, 6.45) is 3.53. The van der Waals surface area contributed by atoms with Crippen LogP contribution < -0.4 is 0 Å². The lowest BCUT2D eigenvalue weighted by Crippen LogP contribution is -2.03. The maximum Gasteiger partial charge on any atom is 0.182 e. The first-order chi connectivity index (χ1) is 31.7. The van der Waals surface area contributed by atoms with Crippen LogP contribution in [0.15, 0.2) is 207 Å². The van der Waals surface area contributed by atoms with Crippen molar-refractivity contribution in [2.75, 3.05) is 0 Å². The second-order valence-corrected chi connectivity index (χ2v) is 15.5. The van der Waals surface area contributed by atoms with E-state index in [2.05, 4.69) is 94.9 Å². The van der Waals surface area contributed by atoms with Crippen LogP contribution >= 0.6 is 0 Å². The van der Waals surface area contributed by atoms with Gasteiger partial charge in [-0.25, -0.2) is 29.9 Å². The molecule has 0 saturated carbocycles. The number of rotatable bonds is 8. The predicted octanol–water partition coefficient (Wildman–Crippen LogP) is 13.1. The second-order valence-electron chi connectivity index (χ2n) is 15.5. The molecule has 298 valence electrons. The first-order valence-electron chi connectivity index (χ1n) is 21.1. The Bertz CT molecular complexity index is 3270. The summed E-state index contributed by atoms with van der Waals surface area (Å²) in [4.78, 5) is 40.2. The van der Waals surface area contributed by atoms with Crippen LogP contribution in [0.3, 0.4) is 0 Å². The van der Waals surface area contributed by atoms with Crippen molar-refractivity contribution in [3.05, 3.63) is 207 Å². The summed E-state index contributed by atoms with van der Waals surface area (Å²) in [5, 5.41) is 6.42. The monoisotopic (exact) mass is 818 g/mol. The van der Waals surface area contributed by atoms with E-state index in [4.69, 9.17) is 29.9 Å². The molecule has 12 aromatic rings. The lowest BCUT2D eigenvalue weighted by atomic mass is 9.83. The number of nitrogens with zero attached hydrogens (tertiary/aromatic N) is 8. The van der Waals surface area contributed by atoms with Crippen LogP contribution in [0.25, 0.3) is 123 Å².